The van der Waals surface area contributed by atoms with E-state index in [1.807, 2.05) is 13.0 Å². The van der Waals surface area contributed by atoms with Crippen LogP contribution < -0.4 is 0 Å². The molecule has 0 aliphatic carbocycles. The van der Waals surface area contributed by atoms with Crippen molar-refractivity contribution in [2.75, 3.05) is 0 Å². The zero-order valence-corrected chi connectivity index (χ0v) is 9.19. The number of aromatic carboxylic acids is 1. The number of hydrogen-bond acceptors (Lipinski definition) is 5. The highest BCUT2D eigenvalue weighted by molar-refractivity contribution is 7.99. The fraction of sp³-hybridized carbons (Fsp3) is 0.100. The molecule has 0 saturated heterocycles. The van der Waals surface area contributed by atoms with Gasteiger partial charge in [-0.25, -0.2) is 14.8 Å². The molecule has 0 saturated carbocycles. The van der Waals surface area contributed by atoms with E-state index in [9.17, 15) is 4.79 Å². The number of aryl methyl sites for hydroxylation is 1. The van der Waals surface area contributed by atoms with Crippen molar-refractivity contribution in [3.8, 4) is 0 Å². The van der Waals surface area contributed by atoms with Crippen molar-refractivity contribution in [3.05, 3.63) is 36.2 Å². The fourth-order valence-corrected chi connectivity index (χ4v) is 1.82. The molecule has 5 nitrogen and oxygen atoms in total. The highest BCUT2D eigenvalue weighted by atomic mass is 32.2. The molecule has 6 heteroatoms. The van der Waals surface area contributed by atoms with Gasteiger partial charge >= 0.3 is 5.97 Å². The Morgan fingerprint density at radius 2 is 2.25 bits per heavy atom. The normalized spacial score (nSPS) is 10.3. The summed E-state index contributed by atoms with van der Waals surface area (Å²) in [6, 6.07) is 1.83. The average Bonchev–Trinajstić information content (AvgIpc) is 2.65. The van der Waals surface area contributed by atoms with Gasteiger partial charge < -0.3 is 9.52 Å². The Labute approximate surface area is 95.5 Å². The number of rotatable bonds is 3. The summed E-state index contributed by atoms with van der Waals surface area (Å²) in [5.41, 5.74) is -0.0618. The van der Waals surface area contributed by atoms with Gasteiger partial charge in [0.25, 0.3) is 0 Å². The van der Waals surface area contributed by atoms with Crippen LogP contribution in [0.1, 0.15) is 16.2 Å². The van der Waals surface area contributed by atoms with Gasteiger partial charge in [-0.2, -0.15) is 0 Å². The monoisotopic (exact) mass is 236 g/mol. The molecule has 0 bridgehead atoms. The summed E-state index contributed by atoms with van der Waals surface area (Å²) in [7, 11) is 0. The van der Waals surface area contributed by atoms with Crippen molar-refractivity contribution in [2.45, 2.75) is 16.8 Å². The molecule has 0 radical (unpaired) electrons. The molecule has 0 aliphatic heterocycles. The first kappa shape index (κ1) is 10.7. The molecule has 0 spiro atoms. The summed E-state index contributed by atoms with van der Waals surface area (Å²) in [6.07, 6.45) is 4.26. The Morgan fingerprint density at radius 3 is 2.75 bits per heavy atom. The van der Waals surface area contributed by atoms with Crippen LogP contribution in [0, 0.1) is 6.92 Å². The average molecular weight is 236 g/mol. The van der Waals surface area contributed by atoms with E-state index in [4.69, 9.17) is 9.52 Å². The lowest BCUT2D eigenvalue weighted by molar-refractivity contribution is 0.0689. The molecule has 0 atom stereocenters. The van der Waals surface area contributed by atoms with Gasteiger partial charge in [-0.1, -0.05) is 11.8 Å². The predicted molar refractivity (Wildman–Crippen MR) is 56.6 cm³/mol. The van der Waals surface area contributed by atoms with Gasteiger partial charge in [0.2, 0.25) is 0 Å². The highest BCUT2D eigenvalue weighted by Crippen LogP contribution is 2.28. The second kappa shape index (κ2) is 4.36. The Hall–Kier alpha value is -1.82. The number of furan rings is 1. The standard InChI is InChI=1S/C10H8N2O3S/c1-6-8(2-3-15-6)16-9-5-11-7(4-12-9)10(13)14/h2-5H,1H3,(H,13,14). The van der Waals surface area contributed by atoms with E-state index < -0.39 is 5.97 Å². The third kappa shape index (κ3) is 2.22. The maximum absolute atomic E-state index is 10.6. The van der Waals surface area contributed by atoms with Gasteiger partial charge in [-0.3, -0.25) is 0 Å². The van der Waals surface area contributed by atoms with E-state index in [1.54, 1.807) is 6.26 Å². The lowest BCUT2D eigenvalue weighted by Gasteiger charge is -1.98. The molecule has 2 aromatic rings. The van der Waals surface area contributed by atoms with Crippen molar-refractivity contribution >= 4 is 17.7 Å². The molecule has 0 aliphatic rings. The molecule has 1 N–H and O–H groups in total. The van der Waals surface area contributed by atoms with Crippen LogP contribution in [-0.4, -0.2) is 21.0 Å². The maximum atomic E-state index is 10.6. The summed E-state index contributed by atoms with van der Waals surface area (Å²) < 4.78 is 5.14. The molecule has 82 valence electrons. The number of carboxylic acid groups (broad SMARTS) is 1. The number of aromatic nitrogens is 2. The number of carbonyl (C=O) groups is 1. The zero-order chi connectivity index (χ0) is 11.5. The zero-order valence-electron chi connectivity index (χ0n) is 8.38. The lowest BCUT2D eigenvalue weighted by atomic mass is 10.5. The Kier molecular flexibility index (Phi) is 2.91. The molecule has 2 rings (SSSR count). The van der Waals surface area contributed by atoms with Gasteiger partial charge in [-0.05, 0) is 13.0 Å². The smallest absolute Gasteiger partial charge is 0.356 e. The molecule has 16 heavy (non-hydrogen) atoms. The van der Waals surface area contributed by atoms with Crippen LogP contribution in [-0.2, 0) is 0 Å². The Bertz CT molecular complexity index is 507. The molecule has 2 aromatic heterocycles. The molecule has 0 unspecified atom stereocenters. The van der Waals surface area contributed by atoms with E-state index >= 15 is 0 Å². The van der Waals surface area contributed by atoms with Crippen LogP contribution in [0.5, 0.6) is 0 Å². The van der Waals surface area contributed by atoms with Crippen molar-refractivity contribution in [1.29, 1.82) is 0 Å². The fourth-order valence-electron chi connectivity index (χ4n) is 1.07. The summed E-state index contributed by atoms with van der Waals surface area (Å²) in [6.45, 7) is 1.85. The molecule has 0 fully saturated rings. The predicted octanol–water partition coefficient (Wildman–Crippen LogP) is 2.23. The number of carboxylic acids is 1. The summed E-state index contributed by atoms with van der Waals surface area (Å²) in [4.78, 5) is 19.3. The Balaban J connectivity index is 2.17. The highest BCUT2D eigenvalue weighted by Gasteiger charge is 2.08. The molecule has 0 amide bonds. The minimum absolute atomic E-state index is 0.0618. The van der Waals surface area contributed by atoms with Crippen LogP contribution in [0.2, 0.25) is 0 Å². The topological polar surface area (TPSA) is 76.2 Å². The van der Waals surface area contributed by atoms with Gasteiger partial charge in [0.05, 0.1) is 23.6 Å². The second-order valence-corrected chi connectivity index (χ2v) is 4.05. The van der Waals surface area contributed by atoms with Crippen molar-refractivity contribution in [3.63, 3.8) is 0 Å². The number of hydrogen-bond donors (Lipinski definition) is 1. The lowest BCUT2D eigenvalue weighted by Crippen LogP contribution is -2.00. The van der Waals surface area contributed by atoms with Crippen LogP contribution in [0.25, 0.3) is 0 Å². The molecule has 0 aromatic carbocycles. The molecular formula is C10H8N2O3S. The van der Waals surface area contributed by atoms with Crippen molar-refractivity contribution in [2.24, 2.45) is 0 Å². The van der Waals surface area contributed by atoms with E-state index in [2.05, 4.69) is 9.97 Å². The van der Waals surface area contributed by atoms with Crippen LogP contribution in [0.4, 0.5) is 0 Å². The van der Waals surface area contributed by atoms with Crippen molar-refractivity contribution in [1.82, 2.24) is 9.97 Å². The largest absolute Gasteiger partial charge is 0.476 e. The molecular weight excluding hydrogens is 228 g/mol. The Morgan fingerprint density at radius 1 is 1.44 bits per heavy atom. The SMILES string of the molecule is Cc1occc1Sc1cnc(C(=O)O)cn1. The maximum Gasteiger partial charge on any atom is 0.356 e. The van der Waals surface area contributed by atoms with E-state index in [1.165, 1.54) is 24.2 Å². The van der Waals surface area contributed by atoms with Gasteiger partial charge in [0.1, 0.15) is 10.8 Å². The first-order chi connectivity index (χ1) is 7.66. The number of nitrogens with zero attached hydrogens (tertiary/aromatic N) is 2. The molecule has 2 heterocycles. The third-order valence-electron chi connectivity index (χ3n) is 1.87. The second-order valence-electron chi connectivity index (χ2n) is 2.99. The van der Waals surface area contributed by atoms with Crippen LogP contribution in [0.3, 0.4) is 0 Å². The van der Waals surface area contributed by atoms with E-state index in [-0.39, 0.29) is 5.69 Å². The first-order valence-corrected chi connectivity index (χ1v) is 5.26. The van der Waals surface area contributed by atoms with E-state index in [0.29, 0.717) is 5.03 Å². The van der Waals surface area contributed by atoms with Crippen LogP contribution >= 0.6 is 11.8 Å². The summed E-state index contributed by atoms with van der Waals surface area (Å²) in [5, 5.41) is 9.29. The van der Waals surface area contributed by atoms with Gasteiger partial charge in [0.15, 0.2) is 5.69 Å². The quantitative estimate of drug-likeness (QED) is 0.880. The summed E-state index contributed by atoms with van der Waals surface area (Å²) in [5.74, 6) is -0.280. The first-order valence-electron chi connectivity index (χ1n) is 4.44. The van der Waals surface area contributed by atoms with Gasteiger partial charge in [0, 0.05) is 0 Å². The minimum Gasteiger partial charge on any atom is -0.476 e. The van der Waals surface area contributed by atoms with Crippen molar-refractivity contribution < 1.29 is 14.3 Å². The van der Waals surface area contributed by atoms with Crippen LogP contribution in [0.15, 0.2) is 39.1 Å². The minimum atomic E-state index is -1.08. The van der Waals surface area contributed by atoms with Gasteiger partial charge in [-0.15, -0.1) is 0 Å². The third-order valence-corrected chi connectivity index (χ3v) is 2.94. The van der Waals surface area contributed by atoms with E-state index in [0.717, 1.165) is 10.7 Å². The summed E-state index contributed by atoms with van der Waals surface area (Å²) >= 11 is 1.38.